The van der Waals surface area contributed by atoms with Gasteiger partial charge in [-0.05, 0) is 74.3 Å². The molecule has 0 amide bonds. The maximum atomic E-state index is 4.35. The largest absolute Gasteiger partial charge is 0.369 e. The zero-order valence-electron chi connectivity index (χ0n) is 21.6. The van der Waals surface area contributed by atoms with E-state index in [9.17, 15) is 0 Å². The van der Waals surface area contributed by atoms with E-state index in [0.717, 1.165) is 55.4 Å². The Morgan fingerprint density at radius 2 is 1.76 bits per heavy atom. The molecular formula is C31H34N6. The molecule has 0 aliphatic carbocycles. The van der Waals surface area contributed by atoms with Crippen molar-refractivity contribution in [2.45, 2.75) is 13.5 Å². The normalized spacial score (nSPS) is 14.5. The van der Waals surface area contributed by atoms with Gasteiger partial charge in [0, 0.05) is 73.8 Å². The summed E-state index contributed by atoms with van der Waals surface area (Å²) >= 11 is 0. The van der Waals surface area contributed by atoms with E-state index in [1.165, 1.54) is 16.8 Å². The number of piperazine rings is 1. The van der Waals surface area contributed by atoms with Crippen LogP contribution in [0.15, 0.2) is 96.0 Å². The minimum Gasteiger partial charge on any atom is -0.369 e. The summed E-state index contributed by atoms with van der Waals surface area (Å²) in [7, 11) is 2.18. The minimum absolute atomic E-state index is 0.709. The maximum absolute atomic E-state index is 4.35. The van der Waals surface area contributed by atoms with Crippen molar-refractivity contribution in [3.63, 3.8) is 0 Å². The second-order valence-electron chi connectivity index (χ2n) is 9.56. The fourth-order valence-corrected chi connectivity index (χ4v) is 4.80. The summed E-state index contributed by atoms with van der Waals surface area (Å²) in [6.07, 6.45) is 5.80. The van der Waals surface area contributed by atoms with Crippen LogP contribution in [0.3, 0.4) is 0 Å². The predicted molar refractivity (Wildman–Crippen MR) is 155 cm³/mol. The molecule has 3 heterocycles. The third kappa shape index (κ3) is 5.81. The Labute approximate surface area is 219 Å². The van der Waals surface area contributed by atoms with Gasteiger partial charge < -0.3 is 19.7 Å². The van der Waals surface area contributed by atoms with Crippen LogP contribution in [0.25, 0.3) is 17.3 Å². The van der Waals surface area contributed by atoms with E-state index in [2.05, 4.69) is 117 Å². The van der Waals surface area contributed by atoms with Gasteiger partial charge in [-0.2, -0.15) is 0 Å². The summed E-state index contributed by atoms with van der Waals surface area (Å²) in [4.78, 5) is 13.5. The van der Waals surface area contributed by atoms with Gasteiger partial charge in [0.2, 0.25) is 0 Å². The monoisotopic (exact) mass is 490 g/mol. The minimum atomic E-state index is 0.709. The number of nitrogens with one attached hydrogen (secondary N) is 1. The Hall–Kier alpha value is -4.16. The van der Waals surface area contributed by atoms with Crippen molar-refractivity contribution in [3.8, 4) is 11.3 Å². The molecular weight excluding hydrogens is 456 g/mol. The molecule has 1 aliphatic rings. The summed E-state index contributed by atoms with van der Waals surface area (Å²) in [6.45, 7) is 11.0. The van der Waals surface area contributed by atoms with Crippen LogP contribution in [0.5, 0.6) is 0 Å². The molecule has 188 valence electrons. The molecule has 1 aliphatic heterocycles. The highest BCUT2D eigenvalue weighted by molar-refractivity contribution is 5.69. The lowest BCUT2D eigenvalue weighted by Gasteiger charge is -2.34. The first kappa shape index (κ1) is 24.5. The molecule has 1 N–H and O–H groups in total. The number of likely N-dealkylation sites (N-methyl/N-ethyl adjacent to an activating group) is 1. The number of aromatic nitrogens is 2. The molecule has 2 aromatic carbocycles. The summed E-state index contributed by atoms with van der Waals surface area (Å²) in [5.74, 6) is 0.709. The van der Waals surface area contributed by atoms with Gasteiger partial charge in [-0.3, -0.25) is 4.98 Å². The van der Waals surface area contributed by atoms with E-state index < -0.39 is 0 Å². The Morgan fingerprint density at radius 1 is 1.00 bits per heavy atom. The Morgan fingerprint density at radius 3 is 2.43 bits per heavy atom. The topological polar surface area (TPSA) is 48.7 Å². The average Bonchev–Trinajstić information content (AvgIpc) is 3.24. The molecule has 4 aromatic rings. The molecule has 0 atom stereocenters. The molecule has 0 radical (unpaired) electrons. The van der Waals surface area contributed by atoms with E-state index in [-0.39, 0.29) is 0 Å². The third-order valence-corrected chi connectivity index (χ3v) is 6.93. The molecule has 6 nitrogen and oxygen atoms in total. The Kier molecular flexibility index (Phi) is 7.47. The number of rotatable bonds is 8. The van der Waals surface area contributed by atoms with Gasteiger partial charge in [0.05, 0.1) is 5.69 Å². The van der Waals surface area contributed by atoms with Crippen molar-refractivity contribution < 1.29 is 0 Å². The van der Waals surface area contributed by atoms with E-state index in [1.54, 1.807) is 6.20 Å². The first-order valence-corrected chi connectivity index (χ1v) is 12.7. The van der Waals surface area contributed by atoms with Crippen molar-refractivity contribution in [2.75, 3.05) is 43.4 Å². The van der Waals surface area contributed by atoms with Gasteiger partial charge in [0.15, 0.2) is 0 Å². The summed E-state index contributed by atoms with van der Waals surface area (Å²) in [5, 5.41) is 3.46. The van der Waals surface area contributed by atoms with Gasteiger partial charge in [-0.1, -0.05) is 30.3 Å². The lowest BCUT2D eigenvalue weighted by atomic mass is 10.2. The van der Waals surface area contributed by atoms with Crippen LogP contribution in [-0.4, -0.2) is 54.4 Å². The molecule has 0 spiro atoms. The lowest BCUT2D eigenvalue weighted by molar-refractivity contribution is 0.313. The van der Waals surface area contributed by atoms with Crippen LogP contribution < -0.4 is 10.2 Å². The van der Waals surface area contributed by atoms with Gasteiger partial charge in [-0.25, -0.2) is 4.99 Å². The van der Waals surface area contributed by atoms with Crippen molar-refractivity contribution in [2.24, 2.45) is 4.99 Å². The number of anilines is 2. The van der Waals surface area contributed by atoms with Crippen molar-refractivity contribution in [3.05, 3.63) is 108 Å². The zero-order valence-corrected chi connectivity index (χ0v) is 21.6. The molecule has 0 unspecified atom stereocenters. The standard InChI is InChI=1S/C31H34N6/c1-24-20-30(26-10-7-15-33-22-26)37(23-25-8-5-4-6-9-25)29(24)21-31(32-2)34-27-11-13-28(14-12-27)36-18-16-35(3)17-19-36/h4-15,20-22,34H,2,16-19,23H2,1,3H3/b31-21+. The lowest BCUT2D eigenvalue weighted by Crippen LogP contribution is -2.44. The predicted octanol–water partition coefficient (Wildman–Crippen LogP) is 5.77. The second kappa shape index (κ2) is 11.3. The van der Waals surface area contributed by atoms with E-state index in [0.29, 0.717) is 5.82 Å². The second-order valence-corrected chi connectivity index (χ2v) is 9.56. The SMILES string of the molecule is C=N/C(=C\c1c(C)cc(-c2cccnc2)n1Cc1ccccc1)Nc1ccc(N2CCN(C)CC2)cc1. The van der Waals surface area contributed by atoms with Crippen LogP contribution >= 0.6 is 0 Å². The summed E-state index contributed by atoms with van der Waals surface area (Å²) in [6, 6.07) is 25.4. The number of benzene rings is 2. The zero-order chi connectivity index (χ0) is 25.6. The van der Waals surface area contributed by atoms with E-state index in [4.69, 9.17) is 0 Å². The average molecular weight is 491 g/mol. The first-order chi connectivity index (χ1) is 18.1. The molecule has 0 bridgehead atoms. The Bertz CT molecular complexity index is 1350. The number of aliphatic imine (C=N–C) groups is 1. The van der Waals surface area contributed by atoms with Crippen LogP contribution in [0.2, 0.25) is 0 Å². The maximum Gasteiger partial charge on any atom is 0.131 e. The summed E-state index contributed by atoms with van der Waals surface area (Å²) < 4.78 is 2.32. The molecule has 0 saturated carbocycles. The quantitative estimate of drug-likeness (QED) is 0.319. The number of hydrogen-bond donors (Lipinski definition) is 1. The van der Waals surface area contributed by atoms with Crippen molar-refractivity contribution in [1.29, 1.82) is 0 Å². The van der Waals surface area contributed by atoms with Crippen LogP contribution in [0.1, 0.15) is 16.8 Å². The summed E-state index contributed by atoms with van der Waals surface area (Å²) in [5.41, 5.74) is 7.95. The molecule has 37 heavy (non-hydrogen) atoms. The molecule has 2 aromatic heterocycles. The molecule has 6 heteroatoms. The fourth-order valence-electron chi connectivity index (χ4n) is 4.80. The van der Waals surface area contributed by atoms with Gasteiger partial charge >= 0.3 is 0 Å². The fraction of sp³-hybridized carbons (Fsp3) is 0.226. The van der Waals surface area contributed by atoms with Crippen LogP contribution in [0, 0.1) is 6.92 Å². The number of pyridine rings is 1. The number of aryl methyl sites for hydroxylation is 1. The van der Waals surface area contributed by atoms with Crippen LogP contribution in [0.4, 0.5) is 11.4 Å². The van der Waals surface area contributed by atoms with Crippen molar-refractivity contribution in [1.82, 2.24) is 14.5 Å². The van der Waals surface area contributed by atoms with E-state index >= 15 is 0 Å². The molecule has 5 rings (SSSR count). The van der Waals surface area contributed by atoms with Gasteiger partial charge in [0.1, 0.15) is 5.82 Å². The van der Waals surface area contributed by atoms with Gasteiger partial charge in [-0.15, -0.1) is 0 Å². The molecule has 1 saturated heterocycles. The number of nitrogens with zero attached hydrogens (tertiary/aromatic N) is 5. The van der Waals surface area contributed by atoms with Crippen molar-refractivity contribution >= 4 is 24.2 Å². The highest BCUT2D eigenvalue weighted by Gasteiger charge is 2.16. The van der Waals surface area contributed by atoms with Crippen LogP contribution in [-0.2, 0) is 6.54 Å². The van der Waals surface area contributed by atoms with Gasteiger partial charge in [0.25, 0.3) is 0 Å². The van der Waals surface area contributed by atoms with E-state index in [1.807, 2.05) is 18.3 Å². The number of hydrogen-bond acceptors (Lipinski definition) is 5. The highest BCUT2D eigenvalue weighted by atomic mass is 15.2. The first-order valence-electron chi connectivity index (χ1n) is 12.7. The molecule has 1 fully saturated rings. The third-order valence-electron chi connectivity index (χ3n) is 6.93. The Balaban J connectivity index is 1.43. The highest BCUT2D eigenvalue weighted by Crippen LogP contribution is 2.29. The smallest absolute Gasteiger partial charge is 0.131 e.